The van der Waals surface area contributed by atoms with Crippen LogP contribution >= 0.6 is 0 Å². The van der Waals surface area contributed by atoms with Crippen molar-refractivity contribution in [1.29, 1.82) is 0 Å². The molecule has 0 bridgehead atoms. The number of allylic oxidation sites excluding steroid dienone is 1. The molecular formula is C25H28N3O3+. The summed E-state index contributed by atoms with van der Waals surface area (Å²) in [6, 6.07) is 18.6. The zero-order valence-electron chi connectivity index (χ0n) is 17.6. The van der Waals surface area contributed by atoms with Crippen molar-refractivity contribution >= 4 is 23.8 Å². The van der Waals surface area contributed by atoms with Crippen molar-refractivity contribution in [3.05, 3.63) is 72.3 Å². The van der Waals surface area contributed by atoms with E-state index in [0.29, 0.717) is 25.6 Å². The number of carboxylic acid groups (broad SMARTS) is 1. The van der Waals surface area contributed by atoms with Crippen LogP contribution in [0.3, 0.4) is 0 Å². The van der Waals surface area contributed by atoms with E-state index in [-0.39, 0.29) is 6.42 Å². The Labute approximate surface area is 182 Å². The molecule has 160 valence electrons. The normalized spacial score (nSPS) is 17.0. The third-order valence-electron chi connectivity index (χ3n) is 5.60. The summed E-state index contributed by atoms with van der Waals surface area (Å²) in [6.07, 6.45) is 8.86. The van der Waals surface area contributed by atoms with E-state index < -0.39 is 5.97 Å². The first kappa shape index (κ1) is 20.8. The second-order valence-corrected chi connectivity index (χ2v) is 7.74. The number of nitrogens with zero attached hydrogens (tertiary/aromatic N) is 3. The van der Waals surface area contributed by atoms with E-state index in [1.165, 1.54) is 0 Å². The molecule has 1 N–H and O–H groups in total. The average Bonchev–Trinajstić information content (AvgIpc) is 2.90. The fourth-order valence-corrected chi connectivity index (χ4v) is 3.85. The summed E-state index contributed by atoms with van der Waals surface area (Å²) in [6.45, 7) is 2.22. The lowest BCUT2D eigenvalue weighted by Gasteiger charge is -2.30. The molecule has 2 aliphatic heterocycles. The zero-order chi connectivity index (χ0) is 21.5. The molecule has 2 heterocycles. The molecule has 0 radical (unpaired) electrons. The van der Waals surface area contributed by atoms with Crippen molar-refractivity contribution in [2.24, 2.45) is 4.99 Å². The van der Waals surface area contributed by atoms with Gasteiger partial charge in [-0.05, 0) is 54.8 Å². The number of benzene rings is 2. The van der Waals surface area contributed by atoms with Gasteiger partial charge < -0.3 is 9.84 Å². The number of aryl methyl sites for hydroxylation is 1. The van der Waals surface area contributed by atoms with Crippen LogP contribution in [0.15, 0.2) is 71.7 Å². The van der Waals surface area contributed by atoms with E-state index in [4.69, 9.17) is 14.8 Å². The minimum Gasteiger partial charge on any atom is -0.490 e. The van der Waals surface area contributed by atoms with Crippen molar-refractivity contribution in [2.45, 2.75) is 31.7 Å². The van der Waals surface area contributed by atoms with Gasteiger partial charge in [0.25, 0.3) is 0 Å². The lowest BCUT2D eigenvalue weighted by Crippen LogP contribution is -2.48. The van der Waals surface area contributed by atoms with Crippen molar-refractivity contribution in [3.8, 4) is 5.75 Å². The summed E-state index contributed by atoms with van der Waals surface area (Å²) in [5, 5.41) is 8.76. The Hall–Kier alpha value is -3.41. The molecule has 6 heteroatoms. The van der Waals surface area contributed by atoms with E-state index in [0.717, 1.165) is 42.3 Å². The van der Waals surface area contributed by atoms with Gasteiger partial charge in [0, 0.05) is 12.8 Å². The molecule has 1 fully saturated rings. The number of carboxylic acids is 1. The summed E-state index contributed by atoms with van der Waals surface area (Å²) < 4.78 is 8.35. The molecule has 0 aromatic heterocycles. The Morgan fingerprint density at radius 1 is 1.16 bits per heavy atom. The molecule has 1 saturated heterocycles. The predicted molar refractivity (Wildman–Crippen MR) is 122 cm³/mol. The summed E-state index contributed by atoms with van der Waals surface area (Å²) in [4.78, 5) is 17.6. The van der Waals surface area contributed by atoms with Crippen LogP contribution in [-0.4, -0.2) is 53.6 Å². The van der Waals surface area contributed by atoms with E-state index >= 15 is 0 Å². The van der Waals surface area contributed by atoms with E-state index in [1.54, 1.807) is 0 Å². The topological polar surface area (TPSA) is 65.1 Å². The lowest BCUT2D eigenvalue weighted by atomic mass is 10.1. The molecule has 1 unspecified atom stereocenters. The van der Waals surface area contributed by atoms with Crippen molar-refractivity contribution in [2.75, 3.05) is 24.6 Å². The molecule has 0 saturated carbocycles. The number of guanidine groups is 1. The fourth-order valence-electron chi connectivity index (χ4n) is 3.85. The number of fused-ring (bicyclic) bond motifs is 1. The molecule has 2 aliphatic rings. The lowest BCUT2D eigenvalue weighted by molar-refractivity contribution is -0.614. The fraction of sp³-hybridized carbons (Fsp3) is 0.320. The molecule has 0 spiro atoms. The van der Waals surface area contributed by atoms with Gasteiger partial charge in [-0.3, -0.25) is 9.37 Å². The maximum Gasteiger partial charge on any atom is 0.394 e. The van der Waals surface area contributed by atoms with Crippen LogP contribution in [0.4, 0.5) is 5.69 Å². The third kappa shape index (κ3) is 5.40. The largest absolute Gasteiger partial charge is 0.490 e. The van der Waals surface area contributed by atoms with Crippen LogP contribution in [0.5, 0.6) is 5.75 Å². The Morgan fingerprint density at radius 2 is 1.97 bits per heavy atom. The second-order valence-electron chi connectivity index (χ2n) is 7.74. The molecule has 0 amide bonds. The third-order valence-corrected chi connectivity index (χ3v) is 5.60. The number of anilines is 1. The van der Waals surface area contributed by atoms with Gasteiger partial charge in [0.15, 0.2) is 0 Å². The van der Waals surface area contributed by atoms with Crippen LogP contribution in [0.25, 0.3) is 0 Å². The smallest absolute Gasteiger partial charge is 0.394 e. The number of hydrogen-bond acceptors (Lipinski definition) is 4. The molecule has 2 aromatic rings. The summed E-state index contributed by atoms with van der Waals surface area (Å²) in [7, 11) is 0. The molecular weight excluding hydrogens is 390 g/mol. The Morgan fingerprint density at radius 3 is 2.68 bits per heavy atom. The maximum atomic E-state index is 10.7. The quantitative estimate of drug-likeness (QED) is 0.630. The van der Waals surface area contributed by atoms with Crippen molar-refractivity contribution in [3.63, 3.8) is 0 Å². The summed E-state index contributed by atoms with van der Waals surface area (Å²) in [5.74, 6) is 1.02. The van der Waals surface area contributed by atoms with Crippen molar-refractivity contribution in [1.82, 2.24) is 0 Å². The van der Waals surface area contributed by atoms with Gasteiger partial charge >= 0.3 is 11.9 Å². The Bertz CT molecular complexity index is 981. The Balaban J connectivity index is 1.40. The zero-order valence-corrected chi connectivity index (χ0v) is 17.6. The number of ether oxygens (including phenoxy) is 1. The van der Waals surface area contributed by atoms with Crippen LogP contribution in [0.2, 0.25) is 0 Å². The first-order valence-corrected chi connectivity index (χ1v) is 10.8. The average molecular weight is 419 g/mol. The van der Waals surface area contributed by atoms with E-state index in [2.05, 4.69) is 27.7 Å². The predicted octanol–water partition coefficient (Wildman–Crippen LogP) is 3.76. The molecule has 1 atom stereocenters. The van der Waals surface area contributed by atoms with Gasteiger partial charge in [0.2, 0.25) is 0 Å². The summed E-state index contributed by atoms with van der Waals surface area (Å²) in [5.41, 5.74) is 2.22. The number of hydrogen-bond donors (Lipinski definition) is 1. The number of aliphatic imine (C=N–C) groups is 1. The molecule has 2 aromatic carbocycles. The van der Waals surface area contributed by atoms with Gasteiger partial charge in [-0.15, -0.1) is 0 Å². The first-order valence-electron chi connectivity index (χ1n) is 10.8. The molecule has 6 nitrogen and oxygen atoms in total. The highest BCUT2D eigenvalue weighted by Gasteiger charge is 2.34. The monoisotopic (exact) mass is 418 g/mol. The first-order chi connectivity index (χ1) is 15.2. The highest BCUT2D eigenvalue weighted by molar-refractivity contribution is 5.99. The maximum absolute atomic E-state index is 10.7. The van der Waals surface area contributed by atoms with E-state index in [1.807, 2.05) is 54.8 Å². The van der Waals surface area contributed by atoms with Crippen LogP contribution in [0, 0.1) is 0 Å². The van der Waals surface area contributed by atoms with Gasteiger partial charge in [0.05, 0.1) is 12.6 Å². The number of carbonyl (C=O) groups is 1. The number of rotatable bonds is 9. The van der Waals surface area contributed by atoms with Gasteiger partial charge in [-0.2, -0.15) is 0 Å². The molecule has 0 aliphatic carbocycles. The summed E-state index contributed by atoms with van der Waals surface area (Å²) >= 11 is 0. The SMILES string of the molecule is O=C(O)CCCc1ccc(OCCN(C2=[N+]3CCC3C=CC=N2)c2ccccc2)cc1. The van der Waals surface area contributed by atoms with Crippen molar-refractivity contribution < 1.29 is 19.2 Å². The van der Waals surface area contributed by atoms with Crippen LogP contribution in [0.1, 0.15) is 24.8 Å². The van der Waals surface area contributed by atoms with Crippen LogP contribution in [-0.2, 0) is 11.2 Å². The standard InChI is InChI=1S/C25H27N3O3/c29-24(30)10-4-6-20-11-13-23(14-12-20)31-19-18-28(21-7-2-1-3-8-21)25-26-16-5-9-22-15-17-27(22)25/h1-3,5,7-9,11-14,16,22H,4,6,10,15,17-19H2/p+1. The Kier molecular flexibility index (Phi) is 6.77. The van der Waals surface area contributed by atoms with Gasteiger partial charge in [-0.1, -0.05) is 35.3 Å². The number of aliphatic carboxylic acids is 1. The molecule has 31 heavy (non-hydrogen) atoms. The van der Waals surface area contributed by atoms with E-state index in [9.17, 15) is 4.79 Å². The number of para-hydroxylation sites is 1. The highest BCUT2D eigenvalue weighted by atomic mass is 16.5. The second kappa shape index (κ2) is 10.1. The van der Waals surface area contributed by atoms with Gasteiger partial charge in [-0.25, -0.2) is 4.90 Å². The van der Waals surface area contributed by atoms with Gasteiger partial charge in [0.1, 0.15) is 30.8 Å². The minimum absolute atomic E-state index is 0.197. The minimum atomic E-state index is -0.751. The van der Waals surface area contributed by atoms with Crippen LogP contribution < -0.4 is 9.64 Å². The highest BCUT2D eigenvalue weighted by Crippen LogP contribution is 2.21. The molecule has 4 rings (SSSR count).